The van der Waals surface area contributed by atoms with Gasteiger partial charge in [0.15, 0.2) is 23.3 Å². The summed E-state index contributed by atoms with van der Waals surface area (Å²) in [6, 6.07) is 1.69. The summed E-state index contributed by atoms with van der Waals surface area (Å²) < 4.78 is 21.5. The minimum absolute atomic E-state index is 0.0383. The summed E-state index contributed by atoms with van der Waals surface area (Å²) in [7, 11) is 3.00. The van der Waals surface area contributed by atoms with Crippen molar-refractivity contribution in [2.75, 3.05) is 21.0 Å². The van der Waals surface area contributed by atoms with Crippen molar-refractivity contribution in [2.24, 2.45) is 11.1 Å². The van der Waals surface area contributed by atoms with E-state index in [-0.39, 0.29) is 12.5 Å². The summed E-state index contributed by atoms with van der Waals surface area (Å²) in [5, 5.41) is 12.8. The van der Waals surface area contributed by atoms with Gasteiger partial charge in [-0.2, -0.15) is 0 Å². The quantitative estimate of drug-likeness (QED) is 0.902. The van der Waals surface area contributed by atoms with Gasteiger partial charge in [-0.3, -0.25) is 0 Å². The summed E-state index contributed by atoms with van der Waals surface area (Å²) >= 11 is 0. The van der Waals surface area contributed by atoms with Crippen LogP contribution in [0.5, 0.6) is 23.0 Å². The van der Waals surface area contributed by atoms with Crippen LogP contribution >= 0.6 is 0 Å². The lowest BCUT2D eigenvalue weighted by Crippen LogP contribution is -2.21. The lowest BCUT2D eigenvalue weighted by Gasteiger charge is -2.19. The van der Waals surface area contributed by atoms with Crippen LogP contribution in [0.3, 0.4) is 0 Å². The molecule has 8 heteroatoms. The highest BCUT2D eigenvalue weighted by atomic mass is 16.7. The first-order chi connectivity index (χ1) is 10.6. The van der Waals surface area contributed by atoms with Crippen LogP contribution in [0.1, 0.15) is 18.6 Å². The molecular weight excluding hydrogens is 294 g/mol. The summed E-state index contributed by atoms with van der Waals surface area (Å²) in [4.78, 5) is 16.4. The number of hydrogen-bond donors (Lipinski definition) is 1. The van der Waals surface area contributed by atoms with Gasteiger partial charge in [0.1, 0.15) is 0 Å². The fourth-order valence-corrected chi connectivity index (χ4v) is 2.60. The molecule has 0 bridgehead atoms. The molecule has 0 fully saturated rings. The number of rotatable bonds is 4. The maximum absolute atomic E-state index is 11.1. The minimum atomic E-state index is -1.11. The molecule has 1 aromatic rings. The molecule has 0 aromatic heterocycles. The van der Waals surface area contributed by atoms with E-state index >= 15 is 0 Å². The average Bonchev–Trinajstić information content (AvgIpc) is 3.12. The fourth-order valence-electron chi connectivity index (χ4n) is 2.60. The molecular formula is C14H15NO7. The van der Waals surface area contributed by atoms with Crippen molar-refractivity contribution in [3.05, 3.63) is 11.6 Å². The fraction of sp³-hybridized carbons (Fsp3) is 0.429. The van der Waals surface area contributed by atoms with Gasteiger partial charge in [-0.25, -0.2) is 4.79 Å². The summed E-state index contributed by atoms with van der Waals surface area (Å²) in [6.45, 7) is 1.78. The Balaban J connectivity index is 2.07. The van der Waals surface area contributed by atoms with Crippen LogP contribution in [0.15, 0.2) is 11.2 Å². The molecule has 0 radical (unpaired) electrons. The van der Waals surface area contributed by atoms with Crippen LogP contribution in [0, 0.1) is 5.92 Å². The summed E-state index contributed by atoms with van der Waals surface area (Å²) in [6.07, 6.45) is -0.607. The SMILES string of the molecule is COc1cc([C@@H]2ON=C(C(=O)O)[C@H]2C)c(OC)c2c1OCO2. The first kappa shape index (κ1) is 14.3. The Morgan fingerprint density at radius 2 is 2.05 bits per heavy atom. The predicted octanol–water partition coefficient (Wildman–Crippen LogP) is 1.58. The van der Waals surface area contributed by atoms with Gasteiger partial charge in [-0.15, -0.1) is 0 Å². The van der Waals surface area contributed by atoms with E-state index in [1.165, 1.54) is 14.2 Å². The van der Waals surface area contributed by atoms with Gasteiger partial charge in [-0.05, 0) is 6.07 Å². The standard InChI is InChI=1S/C14H15NO7/c1-6-9(14(16)17)15-22-10(6)7-4-8(18-2)12-13(11(7)19-3)21-5-20-12/h4,6,10H,5H2,1-3H3,(H,16,17)/t6-,10-/m1/s1. The van der Waals surface area contributed by atoms with Crippen LogP contribution in [0.25, 0.3) is 0 Å². The lowest BCUT2D eigenvalue weighted by molar-refractivity contribution is -0.129. The van der Waals surface area contributed by atoms with Gasteiger partial charge >= 0.3 is 5.97 Å². The third-order valence-electron chi connectivity index (χ3n) is 3.69. The van der Waals surface area contributed by atoms with Crippen molar-refractivity contribution in [3.63, 3.8) is 0 Å². The Morgan fingerprint density at radius 3 is 2.64 bits per heavy atom. The van der Waals surface area contributed by atoms with E-state index in [1.807, 2.05) is 0 Å². The molecule has 0 amide bonds. The van der Waals surface area contributed by atoms with Gasteiger partial charge in [0, 0.05) is 5.56 Å². The van der Waals surface area contributed by atoms with Gasteiger partial charge in [0.05, 0.1) is 20.1 Å². The van der Waals surface area contributed by atoms with Gasteiger partial charge < -0.3 is 28.9 Å². The van der Waals surface area contributed by atoms with Crippen molar-refractivity contribution in [3.8, 4) is 23.0 Å². The van der Waals surface area contributed by atoms with Crippen LogP contribution in [-0.4, -0.2) is 37.8 Å². The normalized spacial score (nSPS) is 22.0. The van der Waals surface area contributed by atoms with Crippen molar-refractivity contribution in [1.82, 2.24) is 0 Å². The van der Waals surface area contributed by atoms with Crippen molar-refractivity contribution < 1.29 is 33.7 Å². The van der Waals surface area contributed by atoms with Crippen LogP contribution in [0.4, 0.5) is 0 Å². The average molecular weight is 309 g/mol. The van der Waals surface area contributed by atoms with Crippen molar-refractivity contribution in [1.29, 1.82) is 0 Å². The maximum Gasteiger partial charge on any atom is 0.354 e. The third-order valence-corrected chi connectivity index (χ3v) is 3.69. The van der Waals surface area contributed by atoms with E-state index in [0.717, 1.165) is 0 Å². The molecule has 0 spiro atoms. The lowest BCUT2D eigenvalue weighted by atomic mass is 9.92. The molecule has 2 aliphatic heterocycles. The van der Waals surface area contributed by atoms with Crippen LogP contribution < -0.4 is 18.9 Å². The molecule has 2 atom stereocenters. The second-order valence-electron chi connectivity index (χ2n) is 4.86. The molecule has 118 valence electrons. The number of oxime groups is 1. The van der Waals surface area contributed by atoms with E-state index in [2.05, 4.69) is 5.16 Å². The van der Waals surface area contributed by atoms with Crippen LogP contribution in [-0.2, 0) is 9.63 Å². The monoisotopic (exact) mass is 309 g/mol. The molecule has 3 rings (SSSR count). The molecule has 2 heterocycles. The second-order valence-corrected chi connectivity index (χ2v) is 4.86. The molecule has 22 heavy (non-hydrogen) atoms. The second kappa shape index (κ2) is 5.28. The number of fused-ring (bicyclic) bond motifs is 1. The number of hydrogen-bond acceptors (Lipinski definition) is 7. The topological polar surface area (TPSA) is 95.8 Å². The number of aliphatic carboxylic acids is 1. The maximum atomic E-state index is 11.1. The molecule has 2 aliphatic rings. The smallest absolute Gasteiger partial charge is 0.354 e. The molecule has 0 saturated carbocycles. The highest BCUT2D eigenvalue weighted by molar-refractivity contribution is 6.36. The minimum Gasteiger partial charge on any atom is -0.493 e. The third kappa shape index (κ3) is 1.99. The largest absolute Gasteiger partial charge is 0.493 e. The Hall–Kier alpha value is -2.64. The molecule has 0 aliphatic carbocycles. The van der Waals surface area contributed by atoms with E-state index in [0.29, 0.717) is 28.6 Å². The molecule has 0 saturated heterocycles. The number of carboxylic acid groups (broad SMARTS) is 1. The number of nitrogens with zero attached hydrogens (tertiary/aromatic N) is 1. The zero-order valence-corrected chi connectivity index (χ0v) is 12.3. The highest BCUT2D eigenvalue weighted by Gasteiger charge is 2.40. The Morgan fingerprint density at radius 1 is 1.32 bits per heavy atom. The van der Waals surface area contributed by atoms with E-state index in [9.17, 15) is 4.79 Å². The molecule has 0 unspecified atom stereocenters. The van der Waals surface area contributed by atoms with Crippen molar-refractivity contribution >= 4 is 11.7 Å². The zero-order chi connectivity index (χ0) is 15.9. The summed E-state index contributed by atoms with van der Waals surface area (Å²) in [5.41, 5.74) is 0.555. The van der Waals surface area contributed by atoms with Gasteiger partial charge in [-0.1, -0.05) is 12.1 Å². The Kier molecular flexibility index (Phi) is 3.44. The van der Waals surface area contributed by atoms with E-state index in [4.69, 9.17) is 28.9 Å². The van der Waals surface area contributed by atoms with Crippen LogP contribution in [0.2, 0.25) is 0 Å². The molecule has 1 N–H and O–H groups in total. The first-order valence-electron chi connectivity index (χ1n) is 6.60. The first-order valence-corrected chi connectivity index (χ1v) is 6.60. The highest BCUT2D eigenvalue weighted by Crippen LogP contribution is 2.52. The molecule has 8 nitrogen and oxygen atoms in total. The van der Waals surface area contributed by atoms with Gasteiger partial charge in [0.25, 0.3) is 0 Å². The van der Waals surface area contributed by atoms with Crippen molar-refractivity contribution in [2.45, 2.75) is 13.0 Å². The summed E-state index contributed by atoms with van der Waals surface area (Å²) in [5.74, 6) is 0.192. The number of carboxylic acids is 1. The predicted molar refractivity (Wildman–Crippen MR) is 73.7 cm³/mol. The Labute approximate surface area is 126 Å². The van der Waals surface area contributed by atoms with E-state index in [1.54, 1.807) is 13.0 Å². The zero-order valence-electron chi connectivity index (χ0n) is 12.3. The van der Waals surface area contributed by atoms with Gasteiger partial charge in [0.2, 0.25) is 18.3 Å². The van der Waals surface area contributed by atoms with E-state index < -0.39 is 18.0 Å². The number of methoxy groups -OCH3 is 2. The number of benzene rings is 1. The number of carbonyl (C=O) groups is 1. The Bertz CT molecular complexity index is 655. The molecule has 1 aromatic carbocycles. The number of ether oxygens (including phenoxy) is 4.